The zero-order chi connectivity index (χ0) is 14.3. The second-order valence-electron chi connectivity index (χ2n) is 4.62. The van der Waals surface area contributed by atoms with Gasteiger partial charge in [0.05, 0.1) is 6.54 Å². The molecule has 0 rings (SSSR count). The van der Waals surface area contributed by atoms with E-state index in [1.54, 1.807) is 0 Å². The third-order valence-corrected chi connectivity index (χ3v) is 4.20. The van der Waals surface area contributed by atoms with Gasteiger partial charge in [-0.15, -0.1) is 0 Å². The summed E-state index contributed by atoms with van der Waals surface area (Å²) >= 11 is 0. The van der Waals surface area contributed by atoms with Crippen LogP contribution >= 0.6 is 0 Å². The molecule has 108 valence electrons. The van der Waals surface area contributed by atoms with Crippen molar-refractivity contribution in [1.29, 1.82) is 0 Å². The smallest absolute Gasteiger partial charge is 0.282 e. The van der Waals surface area contributed by atoms with E-state index in [4.69, 9.17) is 11.5 Å². The van der Waals surface area contributed by atoms with E-state index in [2.05, 4.69) is 0 Å². The molecule has 0 aliphatic carbocycles. The highest BCUT2D eigenvalue weighted by Crippen LogP contribution is 2.09. The van der Waals surface area contributed by atoms with Crippen molar-refractivity contribution >= 4 is 16.1 Å². The van der Waals surface area contributed by atoms with Crippen LogP contribution in [0.2, 0.25) is 0 Å². The predicted molar refractivity (Wildman–Crippen MR) is 70.8 cm³/mol. The fraction of sp³-hybridized carbons (Fsp3) is 0.900. The number of carbonyl (C=O) groups is 1. The molecule has 0 aromatic rings. The molecule has 18 heavy (non-hydrogen) atoms. The van der Waals surface area contributed by atoms with E-state index >= 15 is 0 Å². The Balaban J connectivity index is 4.88. The number of primary amides is 1. The Hall–Kier alpha value is -0.700. The molecule has 0 saturated carbocycles. The number of nitrogens with zero attached hydrogens (tertiary/aromatic N) is 2. The van der Waals surface area contributed by atoms with Gasteiger partial charge in [-0.05, 0) is 18.9 Å². The molecule has 0 aliphatic rings. The first-order valence-corrected chi connectivity index (χ1v) is 7.31. The fourth-order valence-electron chi connectivity index (χ4n) is 1.45. The standard InChI is InChI=1S/C10H24N4O3S/c1-9(2)7-14(8-10(12)15)18(16,17)13(3)6-4-5-11/h9H,4-8,11H2,1-3H3,(H2,12,15). The van der Waals surface area contributed by atoms with Crippen LogP contribution in [0.1, 0.15) is 20.3 Å². The van der Waals surface area contributed by atoms with E-state index in [9.17, 15) is 13.2 Å². The second-order valence-corrected chi connectivity index (χ2v) is 6.66. The summed E-state index contributed by atoms with van der Waals surface area (Å²) in [6.45, 7) is 4.46. The van der Waals surface area contributed by atoms with Crippen molar-refractivity contribution in [3.05, 3.63) is 0 Å². The van der Waals surface area contributed by atoms with Crippen LogP contribution in [0.15, 0.2) is 0 Å². The second kappa shape index (κ2) is 7.67. The molecule has 0 aromatic heterocycles. The van der Waals surface area contributed by atoms with Gasteiger partial charge in [0, 0.05) is 20.1 Å². The van der Waals surface area contributed by atoms with Gasteiger partial charge in [0.15, 0.2) is 0 Å². The lowest BCUT2D eigenvalue weighted by molar-refractivity contribution is -0.118. The molecule has 0 aromatic carbocycles. The molecule has 0 aliphatic heterocycles. The van der Waals surface area contributed by atoms with E-state index in [1.807, 2.05) is 13.8 Å². The van der Waals surface area contributed by atoms with Crippen molar-refractivity contribution in [2.75, 3.05) is 33.2 Å². The van der Waals surface area contributed by atoms with Gasteiger partial charge in [0.25, 0.3) is 10.2 Å². The van der Waals surface area contributed by atoms with E-state index in [1.165, 1.54) is 11.4 Å². The summed E-state index contributed by atoms with van der Waals surface area (Å²) in [7, 11) is -2.18. The number of rotatable bonds is 9. The molecule has 0 fully saturated rings. The van der Waals surface area contributed by atoms with E-state index in [0.717, 1.165) is 4.31 Å². The van der Waals surface area contributed by atoms with Crippen molar-refractivity contribution in [2.24, 2.45) is 17.4 Å². The lowest BCUT2D eigenvalue weighted by Gasteiger charge is -2.27. The Morgan fingerprint density at radius 1 is 1.33 bits per heavy atom. The molecule has 4 N–H and O–H groups in total. The Morgan fingerprint density at radius 3 is 2.28 bits per heavy atom. The maximum Gasteiger partial charge on any atom is 0.282 e. The van der Waals surface area contributed by atoms with Crippen LogP contribution < -0.4 is 11.5 Å². The van der Waals surface area contributed by atoms with Crippen molar-refractivity contribution in [3.63, 3.8) is 0 Å². The van der Waals surface area contributed by atoms with Crippen LogP contribution in [0.25, 0.3) is 0 Å². The molecule has 7 nitrogen and oxygen atoms in total. The normalized spacial score (nSPS) is 12.6. The summed E-state index contributed by atoms with van der Waals surface area (Å²) in [6.07, 6.45) is 0.571. The van der Waals surface area contributed by atoms with Gasteiger partial charge in [-0.25, -0.2) is 0 Å². The molecule has 8 heteroatoms. The first kappa shape index (κ1) is 17.3. The third-order valence-electron chi connectivity index (χ3n) is 2.30. The first-order valence-electron chi connectivity index (χ1n) is 5.91. The van der Waals surface area contributed by atoms with Gasteiger partial charge in [0.2, 0.25) is 5.91 Å². The third kappa shape index (κ3) is 5.76. The highest BCUT2D eigenvalue weighted by molar-refractivity contribution is 7.86. The number of hydrogen-bond donors (Lipinski definition) is 2. The van der Waals surface area contributed by atoms with Crippen molar-refractivity contribution in [2.45, 2.75) is 20.3 Å². The molecular formula is C10H24N4O3S. The first-order chi connectivity index (χ1) is 8.21. The fourth-order valence-corrected chi connectivity index (χ4v) is 2.98. The number of nitrogens with two attached hydrogens (primary N) is 2. The minimum Gasteiger partial charge on any atom is -0.369 e. The van der Waals surface area contributed by atoms with Gasteiger partial charge in [-0.2, -0.15) is 17.0 Å². The lowest BCUT2D eigenvalue weighted by Crippen LogP contribution is -2.47. The van der Waals surface area contributed by atoms with E-state index in [-0.39, 0.29) is 19.0 Å². The average Bonchev–Trinajstić information content (AvgIpc) is 2.23. The van der Waals surface area contributed by atoms with Gasteiger partial charge >= 0.3 is 0 Å². The maximum atomic E-state index is 12.2. The zero-order valence-corrected chi connectivity index (χ0v) is 12.1. The van der Waals surface area contributed by atoms with Crippen molar-refractivity contribution < 1.29 is 13.2 Å². The quantitative estimate of drug-likeness (QED) is 0.562. The molecule has 0 atom stereocenters. The van der Waals surface area contributed by atoms with Gasteiger partial charge in [0.1, 0.15) is 0 Å². The van der Waals surface area contributed by atoms with Crippen molar-refractivity contribution in [3.8, 4) is 0 Å². The van der Waals surface area contributed by atoms with Crippen LogP contribution in [-0.2, 0) is 15.0 Å². The van der Waals surface area contributed by atoms with Crippen LogP contribution in [0, 0.1) is 5.92 Å². The summed E-state index contributed by atoms with van der Waals surface area (Å²) in [6, 6.07) is 0. The van der Waals surface area contributed by atoms with Crippen molar-refractivity contribution in [1.82, 2.24) is 8.61 Å². The summed E-state index contributed by atoms with van der Waals surface area (Å²) in [5.41, 5.74) is 10.4. The average molecular weight is 280 g/mol. The predicted octanol–water partition coefficient (Wildman–Crippen LogP) is -1.04. The van der Waals surface area contributed by atoms with Crippen LogP contribution in [0.5, 0.6) is 0 Å². The minimum absolute atomic E-state index is 0.113. The monoisotopic (exact) mass is 280 g/mol. The number of carbonyl (C=O) groups excluding carboxylic acids is 1. The largest absolute Gasteiger partial charge is 0.369 e. The lowest BCUT2D eigenvalue weighted by atomic mass is 10.2. The summed E-state index contributed by atoms with van der Waals surface area (Å²) in [5.74, 6) is -0.548. The minimum atomic E-state index is -3.65. The van der Waals surface area contributed by atoms with Crippen LogP contribution in [0.4, 0.5) is 0 Å². The molecule has 0 radical (unpaired) electrons. The van der Waals surface area contributed by atoms with E-state index < -0.39 is 16.1 Å². The Kier molecular flexibility index (Phi) is 7.37. The molecule has 0 spiro atoms. The summed E-state index contributed by atoms with van der Waals surface area (Å²) in [4.78, 5) is 11.0. The Morgan fingerprint density at radius 2 is 1.89 bits per heavy atom. The summed E-state index contributed by atoms with van der Waals surface area (Å²) < 4.78 is 26.7. The van der Waals surface area contributed by atoms with Crippen LogP contribution in [-0.4, -0.2) is 56.2 Å². The number of amides is 1. The van der Waals surface area contributed by atoms with Gasteiger partial charge < -0.3 is 11.5 Å². The number of hydrogen-bond acceptors (Lipinski definition) is 4. The molecule has 0 bridgehead atoms. The topological polar surface area (TPSA) is 110 Å². The summed E-state index contributed by atoms with van der Waals surface area (Å²) in [5, 5.41) is 0. The van der Waals surface area contributed by atoms with E-state index in [0.29, 0.717) is 19.5 Å². The highest BCUT2D eigenvalue weighted by atomic mass is 32.2. The maximum absolute atomic E-state index is 12.2. The zero-order valence-electron chi connectivity index (χ0n) is 11.3. The molecular weight excluding hydrogens is 256 g/mol. The molecule has 0 saturated heterocycles. The Bertz CT molecular complexity index is 356. The SMILES string of the molecule is CC(C)CN(CC(N)=O)S(=O)(=O)N(C)CCCN. The van der Waals surface area contributed by atoms with Gasteiger partial charge in [-0.3, -0.25) is 4.79 Å². The Labute approximate surface area is 109 Å². The van der Waals surface area contributed by atoms with Crippen LogP contribution in [0.3, 0.4) is 0 Å². The molecule has 0 heterocycles. The highest BCUT2D eigenvalue weighted by Gasteiger charge is 2.28. The van der Waals surface area contributed by atoms with Gasteiger partial charge in [-0.1, -0.05) is 13.8 Å². The molecule has 1 amide bonds. The molecule has 0 unspecified atom stereocenters.